The van der Waals surface area contributed by atoms with Crippen LogP contribution in [0.15, 0.2) is 59.6 Å². The van der Waals surface area contributed by atoms with Crippen LogP contribution >= 0.6 is 0 Å². The van der Waals surface area contributed by atoms with Crippen LogP contribution in [-0.4, -0.2) is 59.3 Å². The highest BCUT2D eigenvalue weighted by Gasteiger charge is 2.28. The maximum Gasteiger partial charge on any atom is 0.259 e. The molecule has 0 spiro atoms. The van der Waals surface area contributed by atoms with E-state index in [0.29, 0.717) is 48.0 Å². The van der Waals surface area contributed by atoms with Crippen LogP contribution in [0, 0.1) is 5.92 Å². The van der Waals surface area contributed by atoms with Gasteiger partial charge in [0.2, 0.25) is 0 Å². The lowest BCUT2D eigenvalue weighted by Crippen LogP contribution is -2.41. The first-order valence-electron chi connectivity index (χ1n) is 11.0. The Balaban J connectivity index is 1.27. The van der Waals surface area contributed by atoms with Crippen molar-refractivity contribution in [3.8, 4) is 11.6 Å². The van der Waals surface area contributed by atoms with E-state index in [2.05, 4.69) is 14.4 Å². The molecule has 11 heteroatoms. The summed E-state index contributed by atoms with van der Waals surface area (Å²) in [5.74, 6) is 0.982. The molecule has 0 aliphatic carbocycles. The summed E-state index contributed by atoms with van der Waals surface area (Å²) < 4.78 is 35.2. The number of benzene rings is 1. The van der Waals surface area contributed by atoms with Gasteiger partial charge in [0.1, 0.15) is 23.7 Å². The Morgan fingerprint density at radius 2 is 2.12 bits per heavy atom. The Labute approximate surface area is 197 Å². The number of aromatic nitrogens is 3. The van der Waals surface area contributed by atoms with E-state index in [9.17, 15) is 13.2 Å². The molecule has 1 fully saturated rings. The molecule has 2 aromatic heterocycles. The fourth-order valence-corrected chi connectivity index (χ4v) is 5.48. The lowest BCUT2D eigenvalue weighted by molar-refractivity contribution is 0.0633. The number of amidine groups is 1. The first-order chi connectivity index (χ1) is 16.4. The van der Waals surface area contributed by atoms with Crippen molar-refractivity contribution >= 4 is 21.8 Å². The number of carbonyl (C=O) groups is 1. The zero-order valence-electron chi connectivity index (χ0n) is 18.4. The molecule has 10 nitrogen and oxygen atoms in total. The second-order valence-corrected chi connectivity index (χ2v) is 10.1. The van der Waals surface area contributed by atoms with E-state index in [1.165, 1.54) is 0 Å². The fraction of sp³-hybridized carbons (Fsp3) is 0.304. The van der Waals surface area contributed by atoms with Gasteiger partial charge >= 0.3 is 0 Å². The lowest BCUT2D eigenvalue weighted by Gasteiger charge is -2.33. The topological polar surface area (TPSA) is 133 Å². The maximum absolute atomic E-state index is 13.2. The van der Waals surface area contributed by atoms with Crippen molar-refractivity contribution in [2.24, 2.45) is 16.0 Å². The molecule has 0 saturated carbocycles. The van der Waals surface area contributed by atoms with Gasteiger partial charge in [-0.1, -0.05) is 12.1 Å². The van der Waals surface area contributed by atoms with E-state index < -0.39 is 10.0 Å². The molecule has 34 heavy (non-hydrogen) atoms. The van der Waals surface area contributed by atoms with Gasteiger partial charge in [0.25, 0.3) is 15.9 Å². The number of sulfonamides is 1. The van der Waals surface area contributed by atoms with Crippen LogP contribution in [0.3, 0.4) is 0 Å². The number of rotatable bonds is 5. The molecule has 2 aliphatic rings. The molecule has 0 bridgehead atoms. The molecule has 2 N–H and O–H groups in total. The highest BCUT2D eigenvalue weighted by Crippen LogP contribution is 2.29. The van der Waals surface area contributed by atoms with Gasteiger partial charge in [-0.3, -0.25) is 9.36 Å². The normalized spacial score (nSPS) is 19.2. The number of nitrogens with two attached hydrogens (primary N) is 1. The number of ether oxygens (including phenoxy) is 1. The van der Waals surface area contributed by atoms with Crippen molar-refractivity contribution in [2.75, 3.05) is 19.7 Å². The summed E-state index contributed by atoms with van der Waals surface area (Å²) in [5.41, 5.74) is 7.62. The highest BCUT2D eigenvalue weighted by molar-refractivity contribution is 7.89. The van der Waals surface area contributed by atoms with E-state index in [1.807, 2.05) is 4.90 Å². The molecule has 0 radical (unpaired) electrons. The number of hydrogen-bond donors (Lipinski definition) is 1. The quantitative estimate of drug-likeness (QED) is 0.588. The Morgan fingerprint density at radius 1 is 1.24 bits per heavy atom. The monoisotopic (exact) mass is 480 g/mol. The summed E-state index contributed by atoms with van der Waals surface area (Å²) in [6.45, 7) is 1.63. The highest BCUT2D eigenvalue weighted by atomic mass is 32.2. The molecule has 1 aromatic carbocycles. The third kappa shape index (κ3) is 4.51. The number of amides is 1. The van der Waals surface area contributed by atoms with Gasteiger partial charge in [-0.15, -0.1) is 4.40 Å². The van der Waals surface area contributed by atoms with Crippen LogP contribution in [0.5, 0.6) is 5.75 Å². The summed E-state index contributed by atoms with van der Waals surface area (Å²) in [6, 6.07) is 8.71. The minimum Gasteiger partial charge on any atom is -0.492 e. The van der Waals surface area contributed by atoms with E-state index in [4.69, 9.17) is 10.5 Å². The minimum atomic E-state index is -3.60. The Hall–Kier alpha value is -3.73. The number of fused-ring (bicyclic) bond motifs is 1. The van der Waals surface area contributed by atoms with Crippen LogP contribution in [-0.2, 0) is 15.8 Å². The van der Waals surface area contributed by atoms with Gasteiger partial charge in [0.05, 0.1) is 17.9 Å². The molecule has 3 aromatic rings. The average Bonchev–Trinajstić information content (AvgIpc) is 3.37. The number of piperidine rings is 1. The second-order valence-electron chi connectivity index (χ2n) is 8.44. The summed E-state index contributed by atoms with van der Waals surface area (Å²) in [7, 11) is -3.60. The second kappa shape index (κ2) is 8.90. The summed E-state index contributed by atoms with van der Waals surface area (Å²) in [5, 5.41) is 0. The van der Waals surface area contributed by atoms with E-state index in [-0.39, 0.29) is 23.4 Å². The SMILES string of the molecule is NC1=NS(=O)(=O)Cc2cccc(OC[C@H]3CCCN(C(=O)c4ccnc(-n5ccnc5)c4)C3)c21. The molecule has 0 unspecified atom stereocenters. The van der Waals surface area contributed by atoms with Gasteiger partial charge in [0.15, 0.2) is 0 Å². The molecular formula is C23H24N6O4S. The maximum atomic E-state index is 13.2. The number of imidazole rings is 1. The van der Waals surface area contributed by atoms with Gasteiger partial charge in [-0.05, 0) is 36.6 Å². The third-order valence-corrected chi connectivity index (χ3v) is 7.14. The van der Waals surface area contributed by atoms with Crippen molar-refractivity contribution in [1.82, 2.24) is 19.4 Å². The smallest absolute Gasteiger partial charge is 0.259 e. The Kier molecular flexibility index (Phi) is 5.78. The molecule has 2 aliphatic heterocycles. The van der Waals surface area contributed by atoms with E-state index in [1.54, 1.807) is 59.8 Å². The van der Waals surface area contributed by atoms with E-state index in [0.717, 1.165) is 12.8 Å². The number of pyridine rings is 1. The molecule has 4 heterocycles. The van der Waals surface area contributed by atoms with Gasteiger partial charge < -0.3 is 15.4 Å². The summed E-state index contributed by atoms with van der Waals surface area (Å²) >= 11 is 0. The van der Waals surface area contributed by atoms with Crippen molar-refractivity contribution in [2.45, 2.75) is 18.6 Å². The summed E-state index contributed by atoms with van der Waals surface area (Å²) in [4.78, 5) is 23.4. The number of likely N-dealkylation sites (tertiary alicyclic amines) is 1. The lowest BCUT2D eigenvalue weighted by atomic mass is 9.98. The predicted molar refractivity (Wildman–Crippen MR) is 125 cm³/mol. The van der Waals surface area contributed by atoms with Crippen molar-refractivity contribution in [1.29, 1.82) is 0 Å². The van der Waals surface area contributed by atoms with Crippen LogP contribution in [0.4, 0.5) is 0 Å². The van der Waals surface area contributed by atoms with Crippen molar-refractivity contribution in [3.63, 3.8) is 0 Å². The average molecular weight is 481 g/mol. The van der Waals surface area contributed by atoms with Crippen molar-refractivity contribution in [3.05, 3.63) is 71.9 Å². The molecule has 1 amide bonds. The standard InChI is InChI=1S/C23H24N6O4S/c24-22-21-18(14-34(31,32)27-22)4-1-5-19(21)33-13-16-3-2-9-28(12-16)23(30)17-6-7-26-20(11-17)29-10-8-25-15-29/h1,4-8,10-11,15-16H,2-3,9,12-14H2,(H2,24,27)/t16-/m0/s1. The van der Waals surface area contributed by atoms with Gasteiger partial charge in [0, 0.05) is 43.2 Å². The van der Waals surface area contributed by atoms with Crippen molar-refractivity contribution < 1.29 is 17.9 Å². The van der Waals surface area contributed by atoms with Crippen LogP contribution < -0.4 is 10.5 Å². The first-order valence-corrected chi connectivity index (χ1v) is 12.6. The Bertz CT molecular complexity index is 1350. The van der Waals surface area contributed by atoms with Gasteiger partial charge in [-0.25, -0.2) is 18.4 Å². The van der Waals surface area contributed by atoms with Crippen LogP contribution in [0.1, 0.15) is 34.3 Å². The molecule has 1 atom stereocenters. The van der Waals surface area contributed by atoms with Crippen LogP contribution in [0.25, 0.3) is 5.82 Å². The first kappa shape index (κ1) is 22.1. The number of carbonyl (C=O) groups excluding carboxylic acids is 1. The molecular weight excluding hydrogens is 456 g/mol. The number of nitrogens with zero attached hydrogens (tertiary/aromatic N) is 5. The molecule has 5 rings (SSSR count). The van der Waals surface area contributed by atoms with Gasteiger partial charge in [-0.2, -0.15) is 0 Å². The summed E-state index contributed by atoms with van der Waals surface area (Å²) in [6.07, 6.45) is 8.49. The fourth-order valence-electron chi connectivity index (χ4n) is 4.40. The third-order valence-electron chi connectivity index (χ3n) is 5.99. The van der Waals surface area contributed by atoms with Crippen LogP contribution in [0.2, 0.25) is 0 Å². The number of hydrogen-bond acceptors (Lipinski definition) is 7. The minimum absolute atomic E-state index is 0.0489. The molecule has 176 valence electrons. The van der Waals surface area contributed by atoms with E-state index >= 15 is 0 Å². The predicted octanol–water partition coefficient (Wildman–Crippen LogP) is 1.75. The zero-order valence-corrected chi connectivity index (χ0v) is 19.2. The Morgan fingerprint density at radius 3 is 2.94 bits per heavy atom. The zero-order chi connectivity index (χ0) is 23.7. The molecule has 1 saturated heterocycles. The largest absolute Gasteiger partial charge is 0.492 e.